The molecule has 0 saturated carbocycles. The van der Waals surface area contributed by atoms with Crippen LogP contribution in [-0.2, 0) is 11.8 Å². The number of fused-ring (bicyclic) bond motifs is 2. The average Bonchev–Trinajstić information content (AvgIpc) is 2.67. The van der Waals surface area contributed by atoms with E-state index >= 15 is 0 Å². The van der Waals surface area contributed by atoms with E-state index in [0.29, 0.717) is 24.0 Å². The number of halogens is 3. The molecular formula is C15H18F3NO. The van der Waals surface area contributed by atoms with Crippen molar-refractivity contribution in [3.63, 3.8) is 0 Å². The van der Waals surface area contributed by atoms with E-state index in [-0.39, 0.29) is 12.1 Å². The van der Waals surface area contributed by atoms with E-state index in [2.05, 4.69) is 5.32 Å². The minimum Gasteiger partial charge on any atom is -0.385 e. The Balaban J connectivity index is 1.99. The minimum atomic E-state index is -4.37. The van der Waals surface area contributed by atoms with Crippen molar-refractivity contribution in [2.24, 2.45) is 0 Å². The number of alkyl halides is 3. The molecule has 2 fully saturated rings. The first-order chi connectivity index (χ1) is 9.26. The predicted octanol–water partition coefficient (Wildman–Crippen LogP) is 3.12. The van der Waals surface area contributed by atoms with Gasteiger partial charge in [-0.15, -0.1) is 0 Å². The van der Waals surface area contributed by atoms with Gasteiger partial charge in [-0.25, -0.2) is 0 Å². The van der Waals surface area contributed by atoms with E-state index in [0.717, 1.165) is 25.0 Å². The number of aliphatic hydroxyl groups is 1. The molecule has 2 saturated heterocycles. The number of nitrogens with one attached hydrogen (secondary N) is 1. The van der Waals surface area contributed by atoms with Crippen molar-refractivity contribution in [3.05, 3.63) is 34.9 Å². The van der Waals surface area contributed by atoms with Gasteiger partial charge in [-0.2, -0.15) is 13.2 Å². The highest BCUT2D eigenvalue weighted by molar-refractivity contribution is 5.35. The Morgan fingerprint density at radius 3 is 2.30 bits per heavy atom. The molecule has 1 aromatic rings. The van der Waals surface area contributed by atoms with Gasteiger partial charge in [0.2, 0.25) is 0 Å². The molecule has 3 rings (SSSR count). The molecule has 0 spiro atoms. The lowest BCUT2D eigenvalue weighted by Gasteiger charge is -2.38. The summed E-state index contributed by atoms with van der Waals surface area (Å²) >= 11 is 0. The molecule has 2 heterocycles. The maximum atomic E-state index is 12.9. The first kappa shape index (κ1) is 13.9. The second-order valence-corrected chi connectivity index (χ2v) is 6.16. The lowest BCUT2D eigenvalue weighted by atomic mass is 9.80. The van der Waals surface area contributed by atoms with Gasteiger partial charge in [0.15, 0.2) is 0 Å². The molecule has 0 aliphatic carbocycles. The quantitative estimate of drug-likeness (QED) is 0.831. The van der Waals surface area contributed by atoms with E-state index in [1.54, 1.807) is 13.0 Å². The third-order valence-electron chi connectivity index (χ3n) is 4.45. The van der Waals surface area contributed by atoms with Crippen molar-refractivity contribution in [1.82, 2.24) is 5.32 Å². The van der Waals surface area contributed by atoms with Crippen molar-refractivity contribution in [2.45, 2.75) is 56.5 Å². The monoisotopic (exact) mass is 285 g/mol. The van der Waals surface area contributed by atoms with E-state index in [9.17, 15) is 18.3 Å². The Bertz CT molecular complexity index is 514. The van der Waals surface area contributed by atoms with Crippen LogP contribution in [-0.4, -0.2) is 17.2 Å². The van der Waals surface area contributed by atoms with Gasteiger partial charge in [-0.1, -0.05) is 11.6 Å². The maximum absolute atomic E-state index is 12.9. The zero-order valence-corrected chi connectivity index (χ0v) is 11.3. The molecule has 2 aliphatic heterocycles. The first-order valence-electron chi connectivity index (χ1n) is 6.94. The van der Waals surface area contributed by atoms with E-state index in [1.165, 1.54) is 0 Å². The largest absolute Gasteiger partial charge is 0.416 e. The summed E-state index contributed by atoms with van der Waals surface area (Å²) < 4.78 is 38.7. The van der Waals surface area contributed by atoms with Crippen LogP contribution >= 0.6 is 0 Å². The van der Waals surface area contributed by atoms with Crippen molar-refractivity contribution in [3.8, 4) is 0 Å². The summed E-state index contributed by atoms with van der Waals surface area (Å²) in [5, 5.41) is 14.2. The lowest BCUT2D eigenvalue weighted by molar-refractivity contribution is -0.137. The zero-order chi connectivity index (χ0) is 14.5. The smallest absolute Gasteiger partial charge is 0.385 e. The summed E-state index contributed by atoms with van der Waals surface area (Å²) in [6.07, 6.45) is -1.41. The highest BCUT2D eigenvalue weighted by atomic mass is 19.4. The average molecular weight is 285 g/mol. The summed E-state index contributed by atoms with van der Waals surface area (Å²) in [6.45, 7) is 1.64. The summed E-state index contributed by atoms with van der Waals surface area (Å²) in [4.78, 5) is 0. The van der Waals surface area contributed by atoms with Crippen LogP contribution < -0.4 is 5.32 Å². The summed E-state index contributed by atoms with van der Waals surface area (Å²) in [7, 11) is 0. The van der Waals surface area contributed by atoms with Crippen LogP contribution in [0.2, 0.25) is 0 Å². The fourth-order valence-corrected chi connectivity index (χ4v) is 3.57. The number of hydrogen-bond acceptors (Lipinski definition) is 2. The van der Waals surface area contributed by atoms with Crippen LogP contribution in [0.5, 0.6) is 0 Å². The fourth-order valence-electron chi connectivity index (χ4n) is 3.57. The number of benzene rings is 1. The van der Waals surface area contributed by atoms with Gasteiger partial charge in [0.1, 0.15) is 0 Å². The molecule has 2 aliphatic rings. The van der Waals surface area contributed by atoms with E-state index in [1.807, 2.05) is 0 Å². The Morgan fingerprint density at radius 2 is 1.75 bits per heavy atom. The van der Waals surface area contributed by atoms with Gasteiger partial charge in [0, 0.05) is 12.1 Å². The molecular weight excluding hydrogens is 267 g/mol. The first-order valence-corrected chi connectivity index (χ1v) is 6.94. The number of piperidine rings is 1. The highest BCUT2D eigenvalue weighted by Gasteiger charge is 2.44. The molecule has 2 bridgehead atoms. The molecule has 0 radical (unpaired) electrons. The van der Waals surface area contributed by atoms with Crippen LogP contribution in [0.1, 0.15) is 42.4 Å². The molecule has 5 heteroatoms. The Labute approximate surface area is 116 Å². The fraction of sp³-hybridized carbons (Fsp3) is 0.600. The van der Waals surface area contributed by atoms with Gasteiger partial charge in [0.25, 0.3) is 0 Å². The summed E-state index contributed by atoms with van der Waals surface area (Å²) in [6, 6.07) is 4.35. The molecule has 0 aromatic heterocycles. The zero-order valence-electron chi connectivity index (χ0n) is 11.3. The molecule has 2 nitrogen and oxygen atoms in total. The van der Waals surface area contributed by atoms with E-state index < -0.39 is 17.3 Å². The third-order valence-corrected chi connectivity index (χ3v) is 4.45. The van der Waals surface area contributed by atoms with Crippen molar-refractivity contribution < 1.29 is 18.3 Å². The van der Waals surface area contributed by atoms with Crippen LogP contribution in [0, 0.1) is 6.92 Å². The second kappa shape index (κ2) is 4.46. The maximum Gasteiger partial charge on any atom is 0.416 e. The van der Waals surface area contributed by atoms with Gasteiger partial charge < -0.3 is 10.4 Å². The number of aryl methyl sites for hydroxylation is 1. The number of rotatable bonds is 1. The Kier molecular flexibility index (Phi) is 3.10. The molecule has 2 unspecified atom stereocenters. The third kappa shape index (κ3) is 2.44. The van der Waals surface area contributed by atoms with Gasteiger partial charge in [-0.05, 0) is 50.3 Å². The van der Waals surface area contributed by atoms with Gasteiger partial charge >= 0.3 is 6.18 Å². The predicted molar refractivity (Wildman–Crippen MR) is 69.3 cm³/mol. The minimum absolute atomic E-state index is 0.216. The molecule has 110 valence electrons. The summed E-state index contributed by atoms with van der Waals surface area (Å²) in [5.41, 5.74) is -0.868. The molecule has 20 heavy (non-hydrogen) atoms. The van der Waals surface area contributed by atoms with Crippen molar-refractivity contribution in [2.75, 3.05) is 0 Å². The Morgan fingerprint density at radius 1 is 1.15 bits per heavy atom. The van der Waals surface area contributed by atoms with Crippen LogP contribution in [0.3, 0.4) is 0 Å². The SMILES string of the molecule is Cc1cc(C(F)(F)F)cc(C2(O)CC3CCC(C2)N3)c1. The molecule has 2 N–H and O–H groups in total. The van der Waals surface area contributed by atoms with Crippen molar-refractivity contribution >= 4 is 0 Å². The standard InChI is InChI=1S/C15H18F3NO/c1-9-4-10(6-11(5-9)15(16,17)18)14(20)7-12-2-3-13(8-14)19-12/h4-6,12-13,19-20H,2-3,7-8H2,1H3. The van der Waals surface area contributed by atoms with Crippen LogP contribution in [0.4, 0.5) is 13.2 Å². The van der Waals surface area contributed by atoms with Gasteiger partial charge in [-0.3, -0.25) is 0 Å². The van der Waals surface area contributed by atoms with Crippen LogP contribution in [0.15, 0.2) is 18.2 Å². The molecule has 0 amide bonds. The topological polar surface area (TPSA) is 32.3 Å². The van der Waals surface area contributed by atoms with Gasteiger partial charge in [0.05, 0.1) is 11.2 Å². The summed E-state index contributed by atoms with van der Waals surface area (Å²) in [5.74, 6) is 0. The molecule has 1 aromatic carbocycles. The highest BCUT2D eigenvalue weighted by Crippen LogP contribution is 2.42. The lowest BCUT2D eigenvalue weighted by Crippen LogP contribution is -2.46. The van der Waals surface area contributed by atoms with E-state index in [4.69, 9.17) is 0 Å². The molecule has 2 atom stereocenters. The second-order valence-electron chi connectivity index (χ2n) is 6.16. The van der Waals surface area contributed by atoms with Crippen LogP contribution in [0.25, 0.3) is 0 Å². The normalized spacial score (nSPS) is 33.5. The van der Waals surface area contributed by atoms with Crippen molar-refractivity contribution in [1.29, 1.82) is 0 Å². The number of hydrogen-bond donors (Lipinski definition) is 2. The Hall–Kier alpha value is -1.07.